The molecule has 26 heavy (non-hydrogen) atoms. The van der Waals surface area contributed by atoms with E-state index in [9.17, 15) is 9.59 Å². The predicted molar refractivity (Wildman–Crippen MR) is 102 cm³/mol. The molecule has 0 spiro atoms. The third kappa shape index (κ3) is 4.69. The highest BCUT2D eigenvalue weighted by Gasteiger charge is 2.24. The molecule has 0 unspecified atom stereocenters. The van der Waals surface area contributed by atoms with Crippen LogP contribution in [0.25, 0.3) is 10.6 Å². The minimum Gasteiger partial charge on any atom is -0.448 e. The van der Waals surface area contributed by atoms with E-state index in [-0.39, 0.29) is 17.6 Å². The molecule has 1 saturated carbocycles. The van der Waals surface area contributed by atoms with Crippen molar-refractivity contribution in [3.8, 4) is 10.6 Å². The van der Waals surface area contributed by atoms with Crippen LogP contribution in [0, 0.1) is 6.92 Å². The summed E-state index contributed by atoms with van der Waals surface area (Å²) in [5.74, 6) is -0.801. The van der Waals surface area contributed by atoms with Gasteiger partial charge >= 0.3 is 5.97 Å². The first-order chi connectivity index (χ1) is 12.5. The van der Waals surface area contributed by atoms with Gasteiger partial charge in [0.15, 0.2) is 11.8 Å². The van der Waals surface area contributed by atoms with Crippen molar-refractivity contribution in [2.24, 2.45) is 0 Å². The summed E-state index contributed by atoms with van der Waals surface area (Å²) < 4.78 is 5.30. The van der Waals surface area contributed by atoms with Crippen molar-refractivity contribution in [3.05, 3.63) is 40.9 Å². The lowest BCUT2D eigenvalue weighted by molar-refractivity contribution is -0.130. The van der Waals surface area contributed by atoms with Crippen LogP contribution in [0.1, 0.15) is 55.1 Å². The van der Waals surface area contributed by atoms with E-state index in [0.29, 0.717) is 0 Å². The maximum Gasteiger partial charge on any atom is 0.358 e. The molecule has 1 heterocycles. The van der Waals surface area contributed by atoms with Gasteiger partial charge in [0.05, 0.1) is 0 Å². The van der Waals surface area contributed by atoms with Gasteiger partial charge in [0, 0.05) is 17.0 Å². The minimum atomic E-state index is -0.825. The lowest BCUT2D eigenvalue weighted by Crippen LogP contribution is -2.42. The summed E-state index contributed by atoms with van der Waals surface area (Å²) in [6.45, 7) is 3.62. The average molecular weight is 372 g/mol. The predicted octanol–water partition coefficient (Wildman–Crippen LogP) is 4.11. The Hall–Kier alpha value is -2.21. The van der Waals surface area contributed by atoms with Gasteiger partial charge in [-0.15, -0.1) is 11.3 Å². The summed E-state index contributed by atoms with van der Waals surface area (Å²) in [5, 5.41) is 5.41. The lowest BCUT2D eigenvalue weighted by atomic mass is 9.95. The zero-order valence-corrected chi connectivity index (χ0v) is 16.0. The molecule has 0 radical (unpaired) electrons. The fraction of sp³-hybridized carbons (Fsp3) is 0.450. The fourth-order valence-electron chi connectivity index (χ4n) is 3.04. The van der Waals surface area contributed by atoms with E-state index in [0.717, 1.165) is 36.3 Å². The normalized spacial score (nSPS) is 16.1. The number of hydrogen-bond donors (Lipinski definition) is 1. The van der Waals surface area contributed by atoms with E-state index in [4.69, 9.17) is 4.74 Å². The second-order valence-corrected chi connectivity index (χ2v) is 7.65. The van der Waals surface area contributed by atoms with Gasteiger partial charge in [-0.3, -0.25) is 4.79 Å². The molecule has 3 rings (SSSR count). The molecule has 138 valence electrons. The highest BCUT2D eigenvalue weighted by molar-refractivity contribution is 7.13. The Morgan fingerprint density at radius 1 is 1.19 bits per heavy atom. The fourth-order valence-corrected chi connectivity index (χ4v) is 3.83. The largest absolute Gasteiger partial charge is 0.448 e. The number of esters is 1. The molecule has 1 fully saturated rings. The third-order valence-corrected chi connectivity index (χ3v) is 5.51. The van der Waals surface area contributed by atoms with Crippen molar-refractivity contribution < 1.29 is 14.3 Å². The molecule has 1 aliphatic carbocycles. The second kappa shape index (κ2) is 8.45. The zero-order valence-electron chi connectivity index (χ0n) is 15.2. The number of amides is 1. The zero-order chi connectivity index (χ0) is 18.5. The van der Waals surface area contributed by atoms with Crippen LogP contribution < -0.4 is 5.32 Å². The van der Waals surface area contributed by atoms with E-state index in [2.05, 4.69) is 10.3 Å². The molecule has 1 aliphatic rings. The van der Waals surface area contributed by atoms with Crippen molar-refractivity contribution in [3.63, 3.8) is 0 Å². The van der Waals surface area contributed by atoms with Gasteiger partial charge in [-0.05, 0) is 26.7 Å². The molecule has 1 atom stereocenters. The monoisotopic (exact) mass is 372 g/mol. The molecular weight excluding hydrogens is 348 g/mol. The van der Waals surface area contributed by atoms with E-state index < -0.39 is 12.1 Å². The Morgan fingerprint density at radius 3 is 2.58 bits per heavy atom. The van der Waals surface area contributed by atoms with Gasteiger partial charge in [-0.2, -0.15) is 0 Å². The van der Waals surface area contributed by atoms with E-state index >= 15 is 0 Å². The van der Waals surface area contributed by atoms with Crippen LogP contribution in [-0.2, 0) is 9.53 Å². The van der Waals surface area contributed by atoms with E-state index in [1.54, 1.807) is 12.3 Å². The summed E-state index contributed by atoms with van der Waals surface area (Å²) >= 11 is 1.39. The number of benzene rings is 1. The summed E-state index contributed by atoms with van der Waals surface area (Å²) in [4.78, 5) is 28.9. The van der Waals surface area contributed by atoms with Crippen LogP contribution in [0.4, 0.5) is 0 Å². The maximum absolute atomic E-state index is 12.3. The molecular formula is C20H24N2O3S. The summed E-state index contributed by atoms with van der Waals surface area (Å²) in [5.41, 5.74) is 2.37. The first kappa shape index (κ1) is 18.6. The van der Waals surface area contributed by atoms with E-state index in [1.807, 2.05) is 31.2 Å². The smallest absolute Gasteiger partial charge is 0.358 e. The number of nitrogens with one attached hydrogen (secondary N) is 1. The van der Waals surface area contributed by atoms with Crippen molar-refractivity contribution >= 4 is 23.2 Å². The summed E-state index contributed by atoms with van der Waals surface area (Å²) in [6.07, 6.45) is 4.68. The third-order valence-electron chi connectivity index (χ3n) is 4.62. The molecule has 6 heteroatoms. The minimum absolute atomic E-state index is 0.199. The number of thiazole rings is 1. The Kier molecular flexibility index (Phi) is 6.04. The van der Waals surface area contributed by atoms with Crippen LogP contribution in [-0.4, -0.2) is 29.0 Å². The Labute approximate surface area is 157 Å². The summed E-state index contributed by atoms with van der Waals surface area (Å²) in [7, 11) is 0. The average Bonchev–Trinajstić information content (AvgIpc) is 3.13. The molecule has 1 N–H and O–H groups in total. The molecule has 1 amide bonds. The highest BCUT2D eigenvalue weighted by atomic mass is 32.1. The number of aryl methyl sites for hydroxylation is 1. The number of carbonyl (C=O) groups is 2. The molecule has 0 aliphatic heterocycles. The molecule has 2 aromatic rings. The van der Waals surface area contributed by atoms with E-state index in [1.165, 1.54) is 23.3 Å². The molecule has 1 aromatic heterocycles. The van der Waals surface area contributed by atoms with Crippen molar-refractivity contribution in [2.75, 3.05) is 0 Å². The quantitative estimate of drug-likeness (QED) is 0.802. The van der Waals surface area contributed by atoms with Crippen molar-refractivity contribution in [1.82, 2.24) is 10.3 Å². The number of carbonyl (C=O) groups excluding carboxylic acids is 2. The standard InChI is InChI=1S/C20H24N2O3S/c1-13-8-10-15(11-9-13)19-22-17(12-26-19)20(24)25-14(2)18(23)21-16-6-4-3-5-7-16/h8-12,14,16H,3-7H2,1-2H3,(H,21,23)/t14-/m1/s1. The SMILES string of the molecule is Cc1ccc(-c2nc(C(=O)O[C@H](C)C(=O)NC3CCCCC3)cs2)cc1. The van der Waals surface area contributed by atoms with Crippen LogP contribution in [0.2, 0.25) is 0 Å². The van der Waals surface area contributed by atoms with Crippen molar-refractivity contribution in [1.29, 1.82) is 0 Å². The molecule has 0 bridgehead atoms. The topological polar surface area (TPSA) is 68.3 Å². The second-order valence-electron chi connectivity index (χ2n) is 6.79. The number of nitrogens with zero attached hydrogens (tertiary/aromatic N) is 1. The van der Waals surface area contributed by atoms with Gasteiger partial charge < -0.3 is 10.1 Å². The van der Waals surface area contributed by atoms with Gasteiger partial charge in [0.25, 0.3) is 5.91 Å². The Bertz CT molecular complexity index is 764. The van der Waals surface area contributed by atoms with Gasteiger partial charge in [0.2, 0.25) is 0 Å². The molecule has 1 aromatic carbocycles. The van der Waals surface area contributed by atoms with Crippen LogP contribution in [0.15, 0.2) is 29.6 Å². The van der Waals surface area contributed by atoms with Gasteiger partial charge in [0.1, 0.15) is 5.01 Å². The number of rotatable bonds is 5. The molecule has 5 nitrogen and oxygen atoms in total. The maximum atomic E-state index is 12.3. The first-order valence-corrected chi connectivity index (χ1v) is 9.95. The number of aromatic nitrogens is 1. The van der Waals surface area contributed by atoms with Gasteiger partial charge in [-0.25, -0.2) is 9.78 Å². The molecule has 0 saturated heterocycles. The van der Waals surface area contributed by atoms with Gasteiger partial charge in [-0.1, -0.05) is 49.1 Å². The van der Waals surface area contributed by atoms with Crippen LogP contribution in [0.5, 0.6) is 0 Å². The van der Waals surface area contributed by atoms with Crippen LogP contribution >= 0.6 is 11.3 Å². The van der Waals surface area contributed by atoms with Crippen molar-refractivity contribution in [2.45, 2.75) is 58.1 Å². The van der Waals surface area contributed by atoms with Crippen LogP contribution in [0.3, 0.4) is 0 Å². The summed E-state index contributed by atoms with van der Waals surface area (Å²) in [6, 6.07) is 8.16. The number of ether oxygens (including phenoxy) is 1. The number of hydrogen-bond acceptors (Lipinski definition) is 5. The Morgan fingerprint density at radius 2 is 1.88 bits per heavy atom. The lowest BCUT2D eigenvalue weighted by Gasteiger charge is -2.24. The first-order valence-electron chi connectivity index (χ1n) is 9.07. The Balaban J connectivity index is 1.57. The highest BCUT2D eigenvalue weighted by Crippen LogP contribution is 2.24.